The Balaban J connectivity index is 1.59. The molecule has 1 N–H and O–H groups in total. The van der Waals surface area contributed by atoms with Gasteiger partial charge in [0.15, 0.2) is 19.7 Å². The number of carbonyl (C=O) groups excluding carboxylic acids is 2. The van der Waals surface area contributed by atoms with Crippen molar-refractivity contribution < 1.29 is 28.4 Å². The lowest BCUT2D eigenvalue weighted by molar-refractivity contribution is -0.141. The molecule has 2 aromatic carbocycles. The van der Waals surface area contributed by atoms with Gasteiger partial charge in [0.25, 0.3) is 5.88 Å². The summed E-state index contributed by atoms with van der Waals surface area (Å²) in [5.74, 6) is -1.50. The van der Waals surface area contributed by atoms with Gasteiger partial charge in [-0.25, -0.2) is 0 Å². The highest BCUT2D eigenvalue weighted by atomic mass is 28.4. The first-order chi connectivity index (χ1) is 21.1. The van der Waals surface area contributed by atoms with E-state index in [4.69, 9.17) is 13.7 Å². The molecule has 1 heterocycles. The van der Waals surface area contributed by atoms with E-state index in [1.807, 2.05) is 74.4 Å². The largest absolute Gasteiger partial charge is 0.507 e. The number of carbonyl (C=O) groups is 2. The van der Waals surface area contributed by atoms with Crippen LogP contribution in [0.3, 0.4) is 0 Å². The Morgan fingerprint density at radius 2 is 1.73 bits per heavy atom. The molecule has 0 radical (unpaired) electrons. The van der Waals surface area contributed by atoms with E-state index < -0.39 is 37.4 Å². The molecule has 6 rings (SSSR count). The second kappa shape index (κ2) is 10.8. The van der Waals surface area contributed by atoms with Crippen LogP contribution in [-0.4, -0.2) is 54.7 Å². The van der Waals surface area contributed by atoms with Crippen molar-refractivity contribution in [2.75, 3.05) is 14.1 Å². The van der Waals surface area contributed by atoms with Gasteiger partial charge < -0.3 is 18.8 Å². The third-order valence-corrected chi connectivity index (χ3v) is 15.2. The van der Waals surface area contributed by atoms with Crippen LogP contribution < -0.4 is 4.74 Å². The fraction of sp³-hybridized carbons (Fsp3) is 0.472. The van der Waals surface area contributed by atoms with E-state index in [0.717, 1.165) is 16.7 Å². The third kappa shape index (κ3) is 4.65. The van der Waals surface area contributed by atoms with Gasteiger partial charge in [0.05, 0.1) is 6.04 Å². The molecular formula is C36H44N2O6Si. The minimum atomic E-state index is -2.78. The highest BCUT2D eigenvalue weighted by Crippen LogP contribution is 2.60. The fourth-order valence-electron chi connectivity index (χ4n) is 7.41. The molecule has 0 aliphatic heterocycles. The van der Waals surface area contributed by atoms with Crippen LogP contribution in [0.5, 0.6) is 5.88 Å². The van der Waals surface area contributed by atoms with Crippen LogP contribution in [0.1, 0.15) is 84.4 Å². The highest BCUT2D eigenvalue weighted by Gasteiger charge is 2.69. The first-order valence-electron chi connectivity index (χ1n) is 15.8. The molecular weight excluding hydrogens is 584 g/mol. The Morgan fingerprint density at radius 3 is 2.38 bits per heavy atom. The Labute approximate surface area is 266 Å². The molecule has 1 aromatic heterocycles. The number of aryl methyl sites for hydroxylation is 1. The SMILES string of the molecule is Cc1cccc2c1C(O)=C1C(=O)[C@]3(O[Si](C)(C)C(C)(C)C)C(=O)c4c(OCc5ccccc5)noc4[C@@H](N(C)C)[C@@H]3C[C@@H]1[C@H]2C. The zero-order chi connectivity index (χ0) is 32.6. The molecule has 3 aliphatic carbocycles. The van der Waals surface area contributed by atoms with Gasteiger partial charge in [-0.05, 0) is 79.3 Å². The molecule has 0 saturated heterocycles. The zero-order valence-electron chi connectivity index (χ0n) is 27.7. The number of nitrogens with zero attached hydrogens (tertiary/aromatic N) is 2. The third-order valence-electron chi connectivity index (χ3n) is 10.8. The Kier molecular flexibility index (Phi) is 7.53. The Bertz CT molecular complexity index is 1700. The molecule has 8 nitrogen and oxygen atoms in total. The van der Waals surface area contributed by atoms with E-state index >= 15 is 9.59 Å². The van der Waals surface area contributed by atoms with Gasteiger partial charge in [-0.3, -0.25) is 14.5 Å². The lowest BCUT2D eigenvalue weighted by Gasteiger charge is -2.55. The molecule has 0 amide bonds. The number of Topliss-reactive ketones (excluding diaryl/α,β-unsaturated/α-hetero) is 2. The highest BCUT2D eigenvalue weighted by molar-refractivity contribution is 6.74. The molecule has 238 valence electrons. The van der Waals surface area contributed by atoms with Crippen LogP contribution in [0.15, 0.2) is 58.6 Å². The van der Waals surface area contributed by atoms with E-state index in [1.165, 1.54) is 0 Å². The maximum atomic E-state index is 15.3. The Hall–Kier alpha value is -3.53. The standard InChI is InChI=1S/C36H44N2O6Si/c1-20-14-13-17-23-21(2)24-18-25-29(38(6)7)31-28(34(37-43-31)42-19-22-15-11-10-12-16-22)33(41)36(25,44-45(8,9)35(3,4)5)32(40)27(24)30(39)26(20)23/h10-17,21,24-25,29,39H,18-19H2,1-9H3/t21-,24+,25-,29-,36-/m0/s1. The summed E-state index contributed by atoms with van der Waals surface area (Å²) < 4.78 is 19.3. The number of ketones is 2. The first kappa shape index (κ1) is 31.4. The summed E-state index contributed by atoms with van der Waals surface area (Å²) in [4.78, 5) is 32.5. The summed E-state index contributed by atoms with van der Waals surface area (Å²) in [5, 5.41) is 15.9. The van der Waals surface area contributed by atoms with Gasteiger partial charge in [0.1, 0.15) is 17.9 Å². The second-order valence-corrected chi connectivity index (χ2v) is 19.4. The molecule has 1 saturated carbocycles. The Morgan fingerprint density at radius 1 is 1.04 bits per heavy atom. The maximum absolute atomic E-state index is 15.3. The van der Waals surface area contributed by atoms with E-state index in [0.29, 0.717) is 17.7 Å². The van der Waals surface area contributed by atoms with Gasteiger partial charge in [-0.2, -0.15) is 0 Å². The van der Waals surface area contributed by atoms with Gasteiger partial charge in [0.2, 0.25) is 11.6 Å². The van der Waals surface area contributed by atoms with Crippen molar-refractivity contribution in [1.29, 1.82) is 0 Å². The number of fused-ring (bicyclic) bond motifs is 4. The first-order valence-corrected chi connectivity index (χ1v) is 18.7. The lowest BCUT2D eigenvalue weighted by Crippen LogP contribution is -2.68. The normalized spacial score (nSPS) is 26.4. The molecule has 0 spiro atoms. The quantitative estimate of drug-likeness (QED) is 0.222. The van der Waals surface area contributed by atoms with Crippen LogP contribution in [0, 0.1) is 18.8 Å². The molecule has 45 heavy (non-hydrogen) atoms. The predicted octanol–water partition coefficient (Wildman–Crippen LogP) is 7.41. The van der Waals surface area contributed by atoms with Crippen molar-refractivity contribution in [3.8, 4) is 5.88 Å². The fourth-order valence-corrected chi connectivity index (χ4v) is 8.86. The van der Waals surface area contributed by atoms with Crippen molar-refractivity contribution in [3.05, 3.63) is 87.7 Å². The number of hydrogen-bond acceptors (Lipinski definition) is 8. The number of ether oxygens (including phenoxy) is 1. The zero-order valence-corrected chi connectivity index (χ0v) is 28.7. The van der Waals surface area contributed by atoms with Crippen LogP contribution >= 0.6 is 0 Å². The summed E-state index contributed by atoms with van der Waals surface area (Å²) in [6.45, 7) is 14.6. The number of aliphatic hydroxyl groups is 1. The number of aromatic nitrogens is 1. The van der Waals surface area contributed by atoms with Crippen molar-refractivity contribution in [2.45, 2.75) is 83.3 Å². The monoisotopic (exact) mass is 628 g/mol. The summed E-state index contributed by atoms with van der Waals surface area (Å²) >= 11 is 0. The van der Waals surface area contributed by atoms with E-state index in [2.05, 4.69) is 45.9 Å². The minimum Gasteiger partial charge on any atom is -0.507 e. The van der Waals surface area contributed by atoms with Gasteiger partial charge in [-0.15, -0.1) is 0 Å². The lowest BCUT2D eigenvalue weighted by atomic mass is 9.55. The number of rotatable bonds is 6. The number of benzene rings is 2. The molecule has 9 heteroatoms. The molecule has 1 fully saturated rings. The molecule has 3 aliphatic rings. The topological polar surface area (TPSA) is 102 Å². The van der Waals surface area contributed by atoms with E-state index in [-0.39, 0.29) is 46.3 Å². The van der Waals surface area contributed by atoms with Crippen molar-refractivity contribution in [2.24, 2.45) is 11.8 Å². The summed E-state index contributed by atoms with van der Waals surface area (Å²) in [5.41, 5.74) is 2.02. The minimum absolute atomic E-state index is 0.0428. The second-order valence-electron chi connectivity index (χ2n) is 14.7. The van der Waals surface area contributed by atoms with Crippen molar-refractivity contribution >= 4 is 25.6 Å². The maximum Gasteiger partial charge on any atom is 0.265 e. The summed E-state index contributed by atoms with van der Waals surface area (Å²) in [7, 11) is 1.06. The number of hydrogen-bond donors (Lipinski definition) is 1. The smallest absolute Gasteiger partial charge is 0.265 e. The summed E-state index contributed by atoms with van der Waals surface area (Å²) in [6.07, 6.45) is 0.448. The van der Waals surface area contributed by atoms with Gasteiger partial charge in [-0.1, -0.05) is 76.2 Å². The number of aliphatic hydroxyl groups excluding tert-OH is 1. The molecule has 0 unspecified atom stereocenters. The van der Waals surface area contributed by atoms with E-state index in [9.17, 15) is 5.11 Å². The molecule has 5 atom stereocenters. The van der Waals surface area contributed by atoms with Crippen LogP contribution in [0.25, 0.3) is 5.76 Å². The van der Waals surface area contributed by atoms with Crippen LogP contribution in [-0.2, 0) is 15.8 Å². The van der Waals surface area contributed by atoms with E-state index in [1.54, 1.807) is 0 Å². The molecule has 3 aromatic rings. The predicted molar refractivity (Wildman–Crippen MR) is 175 cm³/mol. The molecule has 0 bridgehead atoms. The summed E-state index contributed by atoms with van der Waals surface area (Å²) in [6, 6.07) is 15.1. The van der Waals surface area contributed by atoms with Crippen LogP contribution in [0.2, 0.25) is 18.1 Å². The van der Waals surface area contributed by atoms with Crippen molar-refractivity contribution in [3.63, 3.8) is 0 Å². The average molecular weight is 629 g/mol. The van der Waals surface area contributed by atoms with Crippen molar-refractivity contribution in [1.82, 2.24) is 10.1 Å². The van der Waals surface area contributed by atoms with Gasteiger partial charge >= 0.3 is 0 Å². The van der Waals surface area contributed by atoms with Gasteiger partial charge in [0, 0.05) is 17.1 Å². The van der Waals surface area contributed by atoms with Crippen LogP contribution in [0.4, 0.5) is 0 Å². The average Bonchev–Trinajstić information content (AvgIpc) is 3.39.